The summed E-state index contributed by atoms with van der Waals surface area (Å²) < 4.78 is 4.97. The molecule has 2 aliphatic rings. The normalized spacial score (nSPS) is 26.4. The molecular weight excluding hydrogens is 344 g/mol. The number of primary amides is 1. The van der Waals surface area contributed by atoms with E-state index in [-0.39, 0.29) is 23.8 Å². The number of benzene rings is 1. The number of fused-ring (bicyclic) bond motifs is 1. The number of hydrogen-bond donors (Lipinski definition) is 3. The molecule has 3 rings (SSSR count). The molecular formula is C16H20N4O4S. The van der Waals surface area contributed by atoms with Gasteiger partial charge < -0.3 is 26.0 Å². The van der Waals surface area contributed by atoms with Gasteiger partial charge in [0.25, 0.3) is 11.8 Å². The quantitative estimate of drug-likeness (QED) is 0.648. The molecule has 1 aromatic rings. The van der Waals surface area contributed by atoms with E-state index in [1.807, 2.05) is 32.0 Å². The Bertz CT molecular complexity index is 697. The SMILES string of the molecule is CC1(C)SC2C(NC(=O)COc3ccccc3)C(=O)N2C1NC(N)=O. The highest BCUT2D eigenvalue weighted by Crippen LogP contribution is 2.49. The standard InChI is InChI=1S/C16H20N4O4S/c1-16(2)14(19-15(17)23)20-12(22)11(13(20)25-16)18-10(21)8-24-9-6-4-3-5-7-9/h3-7,11,13-14H,8H2,1-2H3,(H,18,21)(H3,17,19,23). The lowest BCUT2D eigenvalue weighted by Crippen LogP contribution is -2.72. The molecule has 1 aromatic carbocycles. The molecule has 2 heterocycles. The maximum absolute atomic E-state index is 12.4. The summed E-state index contributed by atoms with van der Waals surface area (Å²) in [6.07, 6.45) is -0.499. The van der Waals surface area contributed by atoms with Crippen molar-refractivity contribution in [2.75, 3.05) is 6.61 Å². The van der Waals surface area contributed by atoms with Crippen molar-refractivity contribution in [3.05, 3.63) is 30.3 Å². The summed E-state index contributed by atoms with van der Waals surface area (Å²) in [4.78, 5) is 37.2. The van der Waals surface area contributed by atoms with Crippen LogP contribution in [-0.4, -0.2) is 51.7 Å². The van der Waals surface area contributed by atoms with Crippen molar-refractivity contribution in [2.24, 2.45) is 5.73 Å². The Morgan fingerprint density at radius 3 is 2.60 bits per heavy atom. The van der Waals surface area contributed by atoms with Crippen molar-refractivity contribution in [1.29, 1.82) is 0 Å². The summed E-state index contributed by atoms with van der Waals surface area (Å²) in [6.45, 7) is 3.67. The van der Waals surface area contributed by atoms with Crippen LogP contribution in [0.2, 0.25) is 0 Å². The van der Waals surface area contributed by atoms with Crippen molar-refractivity contribution < 1.29 is 19.1 Å². The van der Waals surface area contributed by atoms with Crippen LogP contribution in [0.1, 0.15) is 13.8 Å². The smallest absolute Gasteiger partial charge is 0.313 e. The summed E-state index contributed by atoms with van der Waals surface area (Å²) in [5.41, 5.74) is 5.20. The second-order valence-corrected chi connectivity index (χ2v) is 8.19. The van der Waals surface area contributed by atoms with Gasteiger partial charge in [0.2, 0.25) is 0 Å². The highest BCUT2D eigenvalue weighted by atomic mass is 32.2. The van der Waals surface area contributed by atoms with E-state index in [9.17, 15) is 14.4 Å². The molecule has 0 spiro atoms. The van der Waals surface area contributed by atoms with Gasteiger partial charge in [0.1, 0.15) is 23.3 Å². The Kier molecular flexibility index (Phi) is 4.51. The van der Waals surface area contributed by atoms with Crippen molar-refractivity contribution in [2.45, 2.75) is 36.2 Å². The molecule has 134 valence electrons. The summed E-state index contributed by atoms with van der Waals surface area (Å²) in [5.74, 6) is -0.0252. The van der Waals surface area contributed by atoms with Gasteiger partial charge in [-0.05, 0) is 26.0 Å². The number of β-lactam (4-membered cyclic amide) rings is 1. The molecule has 8 nitrogen and oxygen atoms in total. The average molecular weight is 364 g/mol. The highest BCUT2D eigenvalue weighted by molar-refractivity contribution is 8.01. The average Bonchev–Trinajstić information content (AvgIpc) is 2.79. The zero-order valence-corrected chi connectivity index (χ0v) is 14.7. The number of carbonyl (C=O) groups is 3. The summed E-state index contributed by atoms with van der Waals surface area (Å²) >= 11 is 1.52. The van der Waals surface area contributed by atoms with E-state index in [1.54, 1.807) is 17.0 Å². The first-order chi connectivity index (χ1) is 11.8. The van der Waals surface area contributed by atoms with Crippen LogP contribution in [0, 0.1) is 0 Å². The number of thioether (sulfide) groups is 1. The first-order valence-electron chi connectivity index (χ1n) is 7.83. The predicted octanol–water partition coefficient (Wildman–Crippen LogP) is 0.238. The molecule has 3 unspecified atom stereocenters. The zero-order valence-electron chi connectivity index (χ0n) is 13.9. The fraction of sp³-hybridized carbons (Fsp3) is 0.438. The van der Waals surface area contributed by atoms with Crippen molar-refractivity contribution in [3.63, 3.8) is 0 Å². The summed E-state index contributed by atoms with van der Waals surface area (Å²) in [5, 5.41) is 5.06. The van der Waals surface area contributed by atoms with Crippen molar-refractivity contribution in [1.82, 2.24) is 15.5 Å². The maximum atomic E-state index is 12.4. The number of amides is 4. The number of rotatable bonds is 5. The molecule has 2 fully saturated rings. The van der Waals surface area contributed by atoms with Crippen molar-refractivity contribution in [3.8, 4) is 5.75 Å². The summed E-state index contributed by atoms with van der Waals surface area (Å²) in [6, 6.07) is 7.65. The van der Waals surface area contributed by atoms with E-state index in [0.717, 1.165) is 0 Å². The third-order valence-corrected chi connectivity index (χ3v) is 5.72. The number of ether oxygens (including phenoxy) is 1. The second kappa shape index (κ2) is 6.47. The number of urea groups is 1. The Morgan fingerprint density at radius 2 is 1.96 bits per heavy atom. The topological polar surface area (TPSA) is 114 Å². The van der Waals surface area contributed by atoms with Crippen LogP contribution in [0.4, 0.5) is 4.79 Å². The minimum absolute atomic E-state index is 0.169. The maximum Gasteiger partial charge on any atom is 0.313 e. The van der Waals surface area contributed by atoms with E-state index in [4.69, 9.17) is 10.5 Å². The van der Waals surface area contributed by atoms with Crippen molar-refractivity contribution >= 4 is 29.6 Å². The molecule has 4 amide bonds. The van der Waals surface area contributed by atoms with Crippen LogP contribution in [0.25, 0.3) is 0 Å². The number of para-hydroxylation sites is 1. The first-order valence-corrected chi connectivity index (χ1v) is 8.71. The van der Waals surface area contributed by atoms with Gasteiger partial charge in [-0.25, -0.2) is 4.79 Å². The number of nitrogens with one attached hydrogen (secondary N) is 2. The Hall–Kier alpha value is -2.42. The minimum atomic E-state index is -0.684. The Balaban J connectivity index is 1.57. The van der Waals surface area contributed by atoms with Crippen LogP contribution >= 0.6 is 11.8 Å². The molecule has 2 saturated heterocycles. The van der Waals surface area contributed by atoms with Gasteiger partial charge in [-0.1, -0.05) is 18.2 Å². The van der Waals surface area contributed by atoms with Gasteiger partial charge in [-0.3, -0.25) is 9.59 Å². The lowest BCUT2D eigenvalue weighted by molar-refractivity contribution is -0.152. The van der Waals surface area contributed by atoms with Gasteiger partial charge >= 0.3 is 6.03 Å². The zero-order chi connectivity index (χ0) is 18.2. The fourth-order valence-electron chi connectivity index (χ4n) is 2.99. The van der Waals surface area contributed by atoms with Gasteiger partial charge in [-0.15, -0.1) is 11.8 Å². The van der Waals surface area contributed by atoms with Crippen LogP contribution in [0.15, 0.2) is 30.3 Å². The van der Waals surface area contributed by atoms with Crippen LogP contribution in [-0.2, 0) is 9.59 Å². The van der Waals surface area contributed by atoms with Gasteiger partial charge in [0, 0.05) is 0 Å². The second-order valence-electron chi connectivity index (χ2n) is 6.42. The molecule has 0 aliphatic carbocycles. The molecule has 0 saturated carbocycles. The Morgan fingerprint density at radius 1 is 1.28 bits per heavy atom. The molecule has 3 atom stereocenters. The number of nitrogens with zero attached hydrogens (tertiary/aromatic N) is 1. The Labute approximate surface area is 149 Å². The molecule has 0 aromatic heterocycles. The number of carbonyl (C=O) groups excluding carboxylic acids is 3. The molecule has 2 aliphatic heterocycles. The lowest BCUT2D eigenvalue weighted by atomic mass is 10.0. The minimum Gasteiger partial charge on any atom is -0.484 e. The van der Waals surface area contributed by atoms with Crippen LogP contribution in [0.3, 0.4) is 0 Å². The van der Waals surface area contributed by atoms with Gasteiger partial charge in [-0.2, -0.15) is 0 Å². The van der Waals surface area contributed by atoms with E-state index >= 15 is 0 Å². The predicted molar refractivity (Wildman–Crippen MR) is 92.7 cm³/mol. The third-order valence-electron chi connectivity index (χ3n) is 4.15. The third kappa shape index (κ3) is 3.37. The van der Waals surface area contributed by atoms with E-state index in [2.05, 4.69) is 10.6 Å². The molecule has 0 bridgehead atoms. The fourth-order valence-corrected chi connectivity index (χ4v) is 4.57. The van der Waals surface area contributed by atoms with Crippen LogP contribution in [0.5, 0.6) is 5.75 Å². The highest BCUT2D eigenvalue weighted by Gasteiger charge is 2.62. The largest absolute Gasteiger partial charge is 0.484 e. The molecule has 4 N–H and O–H groups in total. The first kappa shape index (κ1) is 17.4. The molecule has 25 heavy (non-hydrogen) atoms. The molecule has 0 radical (unpaired) electrons. The lowest BCUT2D eigenvalue weighted by Gasteiger charge is -2.44. The number of nitrogens with two attached hydrogens (primary N) is 1. The summed E-state index contributed by atoms with van der Waals surface area (Å²) in [7, 11) is 0. The van der Waals surface area contributed by atoms with Gasteiger partial charge in [0.15, 0.2) is 6.61 Å². The number of hydrogen-bond acceptors (Lipinski definition) is 5. The van der Waals surface area contributed by atoms with Gasteiger partial charge in [0.05, 0.1) is 4.75 Å². The monoisotopic (exact) mass is 364 g/mol. The van der Waals surface area contributed by atoms with Crippen LogP contribution < -0.4 is 21.1 Å². The van der Waals surface area contributed by atoms with E-state index in [1.165, 1.54) is 11.8 Å². The van der Waals surface area contributed by atoms with E-state index < -0.39 is 23.0 Å². The molecule has 9 heteroatoms. The van der Waals surface area contributed by atoms with E-state index in [0.29, 0.717) is 5.75 Å².